The normalized spacial score (nSPS) is 11.5. The first kappa shape index (κ1) is 11.6. The van der Waals surface area contributed by atoms with Crippen molar-refractivity contribution >= 4 is 11.6 Å². The van der Waals surface area contributed by atoms with Gasteiger partial charge in [-0.25, -0.2) is 0 Å². The molecule has 0 spiro atoms. The van der Waals surface area contributed by atoms with Crippen LogP contribution in [0.15, 0.2) is 60.7 Å². The average molecular weight is 224 g/mol. The first-order valence-electron chi connectivity index (χ1n) is 5.70. The quantitative estimate of drug-likeness (QED) is 0.716. The Hall–Kier alpha value is -1.86. The van der Waals surface area contributed by atoms with E-state index >= 15 is 0 Å². The molecule has 0 aliphatic rings. The van der Waals surface area contributed by atoms with Gasteiger partial charge in [-0.1, -0.05) is 60.7 Å². The second-order valence-corrected chi connectivity index (χ2v) is 3.88. The second-order valence-electron chi connectivity index (χ2n) is 3.88. The fraction of sp³-hybridized carbons (Fsp3) is 0.125. The molecule has 86 valence electrons. The molecule has 0 fully saturated rings. The second kappa shape index (κ2) is 6.02. The fourth-order valence-electron chi connectivity index (χ4n) is 1.77. The van der Waals surface area contributed by atoms with Gasteiger partial charge in [0.25, 0.3) is 0 Å². The van der Waals surface area contributed by atoms with Crippen LogP contribution in [-0.2, 0) is 4.74 Å². The van der Waals surface area contributed by atoms with Crippen molar-refractivity contribution in [3.63, 3.8) is 0 Å². The smallest absolute Gasteiger partial charge is 0.0719 e. The first-order valence-corrected chi connectivity index (χ1v) is 5.70. The Balaban J connectivity index is 2.33. The van der Waals surface area contributed by atoms with Crippen LogP contribution in [0.5, 0.6) is 0 Å². The molecule has 0 bridgehead atoms. The van der Waals surface area contributed by atoms with Crippen LogP contribution in [0.25, 0.3) is 11.6 Å². The van der Waals surface area contributed by atoms with E-state index in [0.717, 1.165) is 0 Å². The zero-order chi connectivity index (χ0) is 11.9. The molecule has 0 aliphatic heterocycles. The number of benzene rings is 2. The van der Waals surface area contributed by atoms with Gasteiger partial charge in [-0.2, -0.15) is 0 Å². The molecule has 2 rings (SSSR count). The summed E-state index contributed by atoms with van der Waals surface area (Å²) in [4.78, 5) is 0. The zero-order valence-corrected chi connectivity index (χ0v) is 9.97. The van der Waals surface area contributed by atoms with Crippen molar-refractivity contribution in [2.24, 2.45) is 0 Å². The SMILES string of the molecule is COCC(=Cc1ccccc1)c1ccccc1. The Kier molecular flexibility index (Phi) is 4.11. The minimum atomic E-state index is 0.624. The molecular formula is C16H16O. The van der Waals surface area contributed by atoms with E-state index < -0.39 is 0 Å². The molecule has 0 aliphatic carbocycles. The summed E-state index contributed by atoms with van der Waals surface area (Å²) in [7, 11) is 1.72. The minimum absolute atomic E-state index is 0.624. The molecule has 0 saturated heterocycles. The van der Waals surface area contributed by atoms with Crippen molar-refractivity contribution in [2.45, 2.75) is 0 Å². The van der Waals surface area contributed by atoms with Gasteiger partial charge in [-0.05, 0) is 22.8 Å². The van der Waals surface area contributed by atoms with Crippen molar-refractivity contribution in [1.82, 2.24) is 0 Å². The molecule has 0 atom stereocenters. The van der Waals surface area contributed by atoms with E-state index in [9.17, 15) is 0 Å². The van der Waals surface area contributed by atoms with Crippen LogP contribution in [0.3, 0.4) is 0 Å². The summed E-state index contributed by atoms with van der Waals surface area (Å²) in [6, 6.07) is 20.6. The number of rotatable bonds is 4. The van der Waals surface area contributed by atoms with Crippen molar-refractivity contribution in [3.05, 3.63) is 71.8 Å². The lowest BCUT2D eigenvalue weighted by molar-refractivity contribution is 0.240. The maximum atomic E-state index is 5.26. The van der Waals surface area contributed by atoms with E-state index in [2.05, 4.69) is 30.3 Å². The van der Waals surface area contributed by atoms with E-state index in [1.54, 1.807) is 7.11 Å². The largest absolute Gasteiger partial charge is 0.380 e. The third-order valence-electron chi connectivity index (χ3n) is 2.58. The third-order valence-corrected chi connectivity index (χ3v) is 2.58. The van der Waals surface area contributed by atoms with Crippen LogP contribution < -0.4 is 0 Å². The molecule has 0 heterocycles. The average Bonchev–Trinajstić information content (AvgIpc) is 2.40. The van der Waals surface area contributed by atoms with Gasteiger partial charge in [0.2, 0.25) is 0 Å². The lowest BCUT2D eigenvalue weighted by atomic mass is 10.0. The summed E-state index contributed by atoms with van der Waals surface area (Å²) in [5.74, 6) is 0. The van der Waals surface area contributed by atoms with E-state index in [-0.39, 0.29) is 0 Å². The lowest BCUT2D eigenvalue weighted by Crippen LogP contribution is -1.93. The molecule has 0 saturated carbocycles. The first-order chi connectivity index (χ1) is 8.40. The molecule has 0 N–H and O–H groups in total. The van der Waals surface area contributed by atoms with Crippen molar-refractivity contribution in [2.75, 3.05) is 13.7 Å². The van der Waals surface area contributed by atoms with Crippen LogP contribution in [-0.4, -0.2) is 13.7 Å². The van der Waals surface area contributed by atoms with Crippen molar-refractivity contribution in [1.29, 1.82) is 0 Å². The lowest BCUT2D eigenvalue weighted by Gasteiger charge is -2.07. The molecule has 0 aromatic heterocycles. The number of methoxy groups -OCH3 is 1. The topological polar surface area (TPSA) is 9.23 Å². The van der Waals surface area contributed by atoms with E-state index in [1.165, 1.54) is 16.7 Å². The summed E-state index contributed by atoms with van der Waals surface area (Å²) >= 11 is 0. The Morgan fingerprint density at radius 2 is 1.53 bits per heavy atom. The van der Waals surface area contributed by atoms with Crippen LogP contribution in [0.1, 0.15) is 11.1 Å². The van der Waals surface area contributed by atoms with E-state index in [1.807, 2.05) is 36.4 Å². The predicted molar refractivity (Wildman–Crippen MR) is 72.6 cm³/mol. The van der Waals surface area contributed by atoms with Gasteiger partial charge in [-0.3, -0.25) is 0 Å². The van der Waals surface area contributed by atoms with E-state index in [4.69, 9.17) is 4.74 Å². The number of hydrogen-bond acceptors (Lipinski definition) is 1. The van der Waals surface area contributed by atoms with Gasteiger partial charge in [0.1, 0.15) is 0 Å². The number of hydrogen-bond donors (Lipinski definition) is 0. The van der Waals surface area contributed by atoms with Gasteiger partial charge in [0.05, 0.1) is 6.61 Å². The molecule has 0 amide bonds. The fourth-order valence-corrected chi connectivity index (χ4v) is 1.77. The number of ether oxygens (including phenoxy) is 1. The van der Waals surface area contributed by atoms with Gasteiger partial charge >= 0.3 is 0 Å². The molecule has 2 aromatic rings. The molecule has 0 unspecified atom stereocenters. The van der Waals surface area contributed by atoms with Gasteiger partial charge in [0.15, 0.2) is 0 Å². The Morgan fingerprint density at radius 1 is 0.941 bits per heavy atom. The van der Waals surface area contributed by atoms with Gasteiger partial charge in [0, 0.05) is 7.11 Å². The summed E-state index contributed by atoms with van der Waals surface area (Å²) in [6.45, 7) is 0.624. The summed E-state index contributed by atoms with van der Waals surface area (Å²) in [5, 5.41) is 0. The molecule has 2 aromatic carbocycles. The summed E-state index contributed by atoms with van der Waals surface area (Å²) < 4.78 is 5.26. The monoisotopic (exact) mass is 224 g/mol. The van der Waals surface area contributed by atoms with Crippen molar-refractivity contribution < 1.29 is 4.74 Å². The van der Waals surface area contributed by atoms with Crippen LogP contribution in [0.4, 0.5) is 0 Å². The molecule has 17 heavy (non-hydrogen) atoms. The molecule has 1 nitrogen and oxygen atoms in total. The molecule has 1 heteroatoms. The highest BCUT2D eigenvalue weighted by molar-refractivity contribution is 5.81. The maximum absolute atomic E-state index is 5.26. The highest BCUT2D eigenvalue weighted by atomic mass is 16.5. The standard InChI is InChI=1S/C16H16O/c1-17-13-16(15-10-6-3-7-11-15)12-14-8-4-2-5-9-14/h2-12H,13H2,1H3. The van der Waals surface area contributed by atoms with Gasteiger partial charge in [-0.15, -0.1) is 0 Å². The van der Waals surface area contributed by atoms with Crippen molar-refractivity contribution in [3.8, 4) is 0 Å². The summed E-state index contributed by atoms with van der Waals surface area (Å²) in [6.07, 6.45) is 2.17. The zero-order valence-electron chi connectivity index (χ0n) is 9.97. The maximum Gasteiger partial charge on any atom is 0.0719 e. The highest BCUT2D eigenvalue weighted by Gasteiger charge is 2.00. The predicted octanol–water partition coefficient (Wildman–Crippen LogP) is 3.87. The van der Waals surface area contributed by atoms with Crippen LogP contribution >= 0.6 is 0 Å². The molecule has 0 radical (unpaired) electrons. The Labute approximate surface area is 102 Å². The molecular weight excluding hydrogens is 208 g/mol. The minimum Gasteiger partial charge on any atom is -0.380 e. The highest BCUT2D eigenvalue weighted by Crippen LogP contribution is 2.18. The Morgan fingerprint density at radius 3 is 2.12 bits per heavy atom. The van der Waals surface area contributed by atoms with Gasteiger partial charge < -0.3 is 4.74 Å². The third kappa shape index (κ3) is 3.30. The van der Waals surface area contributed by atoms with Crippen LogP contribution in [0, 0.1) is 0 Å². The van der Waals surface area contributed by atoms with Crippen LogP contribution in [0.2, 0.25) is 0 Å². The summed E-state index contributed by atoms with van der Waals surface area (Å²) in [5.41, 5.74) is 3.60. The van der Waals surface area contributed by atoms with E-state index in [0.29, 0.717) is 6.61 Å². The Bertz CT molecular complexity index is 471.